The summed E-state index contributed by atoms with van der Waals surface area (Å²) in [6, 6.07) is 3.52. The third kappa shape index (κ3) is 7.34. The first-order valence-corrected chi connectivity index (χ1v) is 13.3. The fourth-order valence-corrected chi connectivity index (χ4v) is 4.89. The summed E-state index contributed by atoms with van der Waals surface area (Å²) in [5.41, 5.74) is 13.3. The van der Waals surface area contributed by atoms with Gasteiger partial charge in [0.25, 0.3) is 0 Å². The number of carbonyl (C=O) groups excluding carboxylic acids is 4. The van der Waals surface area contributed by atoms with Gasteiger partial charge in [0.15, 0.2) is 0 Å². The van der Waals surface area contributed by atoms with Crippen LogP contribution in [0, 0.1) is 5.92 Å². The van der Waals surface area contributed by atoms with E-state index in [0.717, 1.165) is 16.5 Å². The standard InChI is InChI=1S/C27H38N6O6/c1-3-15(2)23(27(38)39)32-25(36)21-9-6-12-33(21)26(37)20(10-11-22(29)34)31-24(35)18(28)13-16-14-30-19-8-5-4-7-17(16)19/h4-5,7-8,14-15,18,20-21,23,30H,3,6,9-13,28H2,1-2H3,(H2,29,34)(H,31,35)(H,32,36)(H,38,39). The normalized spacial score (nSPS) is 18.2. The number of nitrogens with one attached hydrogen (secondary N) is 3. The second-order valence-corrected chi connectivity index (χ2v) is 10.1. The van der Waals surface area contributed by atoms with Gasteiger partial charge in [-0.05, 0) is 43.2 Å². The highest BCUT2D eigenvalue weighted by molar-refractivity contribution is 5.95. The number of H-pyrrole nitrogens is 1. The molecule has 1 aromatic heterocycles. The van der Waals surface area contributed by atoms with Crippen LogP contribution in [0.15, 0.2) is 30.5 Å². The lowest BCUT2D eigenvalue weighted by molar-refractivity contribution is -0.146. The number of para-hydroxylation sites is 1. The fraction of sp³-hybridized carbons (Fsp3) is 0.519. The molecular weight excluding hydrogens is 504 g/mol. The molecule has 1 saturated heterocycles. The minimum atomic E-state index is -1.15. The molecule has 3 rings (SSSR count). The number of aliphatic carboxylic acids is 1. The van der Waals surface area contributed by atoms with Crippen LogP contribution < -0.4 is 22.1 Å². The molecule has 4 amide bonds. The number of carboxylic acids is 1. The number of hydrogen-bond acceptors (Lipinski definition) is 6. The molecule has 8 N–H and O–H groups in total. The zero-order chi connectivity index (χ0) is 28.7. The van der Waals surface area contributed by atoms with Crippen LogP contribution in [-0.2, 0) is 30.4 Å². The molecule has 0 bridgehead atoms. The van der Waals surface area contributed by atoms with Gasteiger partial charge in [0.2, 0.25) is 23.6 Å². The first kappa shape index (κ1) is 29.6. The molecule has 39 heavy (non-hydrogen) atoms. The van der Waals surface area contributed by atoms with E-state index < -0.39 is 53.8 Å². The van der Waals surface area contributed by atoms with Crippen molar-refractivity contribution >= 4 is 40.5 Å². The number of amides is 4. The zero-order valence-electron chi connectivity index (χ0n) is 22.3. The van der Waals surface area contributed by atoms with Crippen LogP contribution in [0.2, 0.25) is 0 Å². The number of aromatic nitrogens is 1. The Balaban J connectivity index is 1.72. The van der Waals surface area contributed by atoms with Crippen molar-refractivity contribution in [2.24, 2.45) is 17.4 Å². The molecular formula is C27H38N6O6. The van der Waals surface area contributed by atoms with E-state index in [2.05, 4.69) is 15.6 Å². The van der Waals surface area contributed by atoms with Crippen LogP contribution in [0.5, 0.6) is 0 Å². The van der Waals surface area contributed by atoms with Gasteiger partial charge in [-0.2, -0.15) is 0 Å². The Morgan fingerprint density at radius 3 is 2.56 bits per heavy atom. The average molecular weight is 543 g/mol. The second kappa shape index (κ2) is 13.2. The highest BCUT2D eigenvalue weighted by Crippen LogP contribution is 2.22. The minimum Gasteiger partial charge on any atom is -0.480 e. The maximum Gasteiger partial charge on any atom is 0.326 e. The number of benzene rings is 1. The Hall–Kier alpha value is -3.93. The fourth-order valence-electron chi connectivity index (χ4n) is 4.89. The number of fused-ring (bicyclic) bond motifs is 1. The van der Waals surface area contributed by atoms with Gasteiger partial charge in [0, 0.05) is 30.1 Å². The van der Waals surface area contributed by atoms with Crippen LogP contribution in [0.25, 0.3) is 10.9 Å². The highest BCUT2D eigenvalue weighted by Gasteiger charge is 2.39. The molecule has 212 valence electrons. The molecule has 5 unspecified atom stereocenters. The molecule has 0 radical (unpaired) electrons. The molecule has 1 aliphatic heterocycles. The maximum absolute atomic E-state index is 13.5. The summed E-state index contributed by atoms with van der Waals surface area (Å²) in [5, 5.41) is 15.7. The van der Waals surface area contributed by atoms with Crippen LogP contribution in [0.1, 0.15) is 51.5 Å². The Morgan fingerprint density at radius 2 is 1.90 bits per heavy atom. The number of nitrogens with two attached hydrogens (primary N) is 2. The summed E-state index contributed by atoms with van der Waals surface area (Å²) >= 11 is 0. The molecule has 5 atom stereocenters. The van der Waals surface area contributed by atoms with E-state index in [9.17, 15) is 29.1 Å². The minimum absolute atomic E-state index is 0.0603. The van der Waals surface area contributed by atoms with E-state index in [0.29, 0.717) is 19.3 Å². The van der Waals surface area contributed by atoms with Crippen molar-refractivity contribution in [1.82, 2.24) is 20.5 Å². The lowest BCUT2D eigenvalue weighted by atomic mass is 9.98. The van der Waals surface area contributed by atoms with E-state index in [1.54, 1.807) is 13.1 Å². The van der Waals surface area contributed by atoms with Crippen molar-refractivity contribution in [1.29, 1.82) is 0 Å². The predicted octanol–water partition coefficient (Wildman–Crippen LogP) is 0.395. The highest BCUT2D eigenvalue weighted by atomic mass is 16.4. The Kier molecular flexibility index (Phi) is 10.0. The van der Waals surface area contributed by atoms with Gasteiger partial charge in [0.1, 0.15) is 18.1 Å². The molecule has 0 aliphatic carbocycles. The quantitative estimate of drug-likeness (QED) is 0.210. The number of carboxylic acid groups (broad SMARTS) is 1. The van der Waals surface area contributed by atoms with Crippen molar-refractivity contribution in [2.45, 2.75) is 76.5 Å². The van der Waals surface area contributed by atoms with Crippen LogP contribution >= 0.6 is 0 Å². The van der Waals surface area contributed by atoms with Crippen LogP contribution in [-0.4, -0.2) is 75.3 Å². The van der Waals surface area contributed by atoms with Crippen LogP contribution in [0.3, 0.4) is 0 Å². The summed E-state index contributed by atoms with van der Waals surface area (Å²) in [7, 11) is 0. The molecule has 1 fully saturated rings. The van der Waals surface area contributed by atoms with Gasteiger partial charge < -0.3 is 37.1 Å². The Morgan fingerprint density at radius 1 is 1.18 bits per heavy atom. The first-order chi connectivity index (χ1) is 18.5. The third-order valence-electron chi connectivity index (χ3n) is 7.36. The predicted molar refractivity (Wildman–Crippen MR) is 144 cm³/mol. The van der Waals surface area contributed by atoms with Crippen molar-refractivity contribution in [3.63, 3.8) is 0 Å². The maximum atomic E-state index is 13.5. The lowest BCUT2D eigenvalue weighted by Gasteiger charge is -2.30. The number of carbonyl (C=O) groups is 5. The topological polar surface area (TPSA) is 201 Å². The number of rotatable bonds is 13. The molecule has 12 heteroatoms. The zero-order valence-corrected chi connectivity index (χ0v) is 22.3. The van der Waals surface area contributed by atoms with Gasteiger partial charge in [-0.3, -0.25) is 19.2 Å². The number of nitrogens with zero attached hydrogens (tertiary/aromatic N) is 1. The third-order valence-corrected chi connectivity index (χ3v) is 7.36. The summed E-state index contributed by atoms with van der Waals surface area (Å²) in [4.78, 5) is 67.3. The number of primary amides is 1. The smallest absolute Gasteiger partial charge is 0.326 e. The van der Waals surface area contributed by atoms with Gasteiger partial charge in [-0.1, -0.05) is 38.5 Å². The monoisotopic (exact) mass is 542 g/mol. The van der Waals surface area contributed by atoms with Crippen molar-refractivity contribution < 1.29 is 29.1 Å². The molecule has 2 heterocycles. The molecule has 1 aliphatic rings. The number of likely N-dealkylation sites (tertiary alicyclic amines) is 1. The van der Waals surface area contributed by atoms with E-state index in [-0.39, 0.29) is 31.7 Å². The SMILES string of the molecule is CCC(C)C(NC(=O)C1CCCN1C(=O)C(CCC(N)=O)NC(=O)C(N)Cc1c[nH]c2ccccc12)C(=O)O. The largest absolute Gasteiger partial charge is 0.480 e. The summed E-state index contributed by atoms with van der Waals surface area (Å²) in [6.45, 7) is 3.81. The van der Waals surface area contributed by atoms with Crippen molar-refractivity contribution in [2.75, 3.05) is 6.54 Å². The van der Waals surface area contributed by atoms with E-state index >= 15 is 0 Å². The van der Waals surface area contributed by atoms with Crippen molar-refractivity contribution in [3.8, 4) is 0 Å². The summed E-state index contributed by atoms with van der Waals surface area (Å²) in [6.07, 6.45) is 3.20. The molecule has 0 spiro atoms. The van der Waals surface area contributed by atoms with E-state index in [4.69, 9.17) is 11.5 Å². The Bertz CT molecular complexity index is 1210. The van der Waals surface area contributed by atoms with E-state index in [1.165, 1.54) is 4.90 Å². The number of aromatic amines is 1. The number of hydrogen-bond donors (Lipinski definition) is 6. The molecule has 1 aromatic carbocycles. The Labute approximate surface area is 226 Å². The van der Waals surface area contributed by atoms with Gasteiger partial charge in [-0.25, -0.2) is 4.79 Å². The second-order valence-electron chi connectivity index (χ2n) is 10.1. The van der Waals surface area contributed by atoms with Crippen LogP contribution in [0.4, 0.5) is 0 Å². The van der Waals surface area contributed by atoms with Gasteiger partial charge in [0.05, 0.1) is 6.04 Å². The first-order valence-electron chi connectivity index (χ1n) is 13.3. The summed E-state index contributed by atoms with van der Waals surface area (Å²) < 4.78 is 0. The molecule has 0 saturated carbocycles. The van der Waals surface area contributed by atoms with Gasteiger partial charge >= 0.3 is 5.97 Å². The molecule has 2 aromatic rings. The van der Waals surface area contributed by atoms with Crippen molar-refractivity contribution in [3.05, 3.63) is 36.0 Å². The molecule has 12 nitrogen and oxygen atoms in total. The average Bonchev–Trinajstić information content (AvgIpc) is 3.56. The van der Waals surface area contributed by atoms with E-state index in [1.807, 2.05) is 31.2 Å². The summed E-state index contributed by atoms with van der Waals surface area (Å²) in [5.74, 6) is -3.78. The van der Waals surface area contributed by atoms with Gasteiger partial charge in [-0.15, -0.1) is 0 Å². The lowest BCUT2D eigenvalue weighted by Crippen LogP contribution is -2.57.